The Morgan fingerprint density at radius 1 is 1.27 bits per heavy atom. The highest BCUT2D eigenvalue weighted by molar-refractivity contribution is 6.31. The number of nitriles is 1. The van der Waals surface area contributed by atoms with Crippen LogP contribution >= 0.6 is 23.2 Å². The minimum atomic E-state index is -1.56. The predicted octanol–water partition coefficient (Wildman–Crippen LogP) is 3.08. The lowest BCUT2D eigenvalue weighted by Gasteiger charge is -2.15. The van der Waals surface area contributed by atoms with Crippen LogP contribution in [0.1, 0.15) is 33.1 Å². The Morgan fingerprint density at radius 2 is 1.93 bits per heavy atom. The minimum absolute atomic E-state index is 0.215. The first-order valence-corrected chi connectivity index (χ1v) is 9.38. The molecule has 0 amide bonds. The molecule has 0 aliphatic heterocycles. The number of aromatic amines is 1. The Morgan fingerprint density at radius 3 is 2.53 bits per heavy atom. The predicted molar refractivity (Wildman–Crippen MR) is 111 cm³/mol. The van der Waals surface area contributed by atoms with Crippen molar-refractivity contribution in [1.82, 2.24) is 14.8 Å². The van der Waals surface area contributed by atoms with Crippen molar-refractivity contribution in [3.05, 3.63) is 89.7 Å². The van der Waals surface area contributed by atoms with E-state index in [2.05, 4.69) is 11.2 Å². The summed E-state index contributed by atoms with van der Waals surface area (Å²) in [4.78, 5) is 36.9. The summed E-state index contributed by atoms with van der Waals surface area (Å²) >= 11 is 12.3. The Labute approximate surface area is 179 Å². The van der Waals surface area contributed by atoms with Gasteiger partial charge in [0.2, 0.25) is 5.69 Å². The van der Waals surface area contributed by atoms with Crippen LogP contribution in [0.4, 0.5) is 0 Å². The number of halogens is 2. The van der Waals surface area contributed by atoms with Gasteiger partial charge >= 0.3 is 11.7 Å². The number of aromatic carboxylic acids is 1. The number of nitrogens with zero attached hydrogens (tertiary/aromatic N) is 3. The van der Waals surface area contributed by atoms with Gasteiger partial charge in [-0.25, -0.2) is 9.59 Å². The molecular weight excluding hydrogens is 431 g/mol. The fourth-order valence-electron chi connectivity index (χ4n) is 2.97. The lowest BCUT2D eigenvalue weighted by atomic mass is 9.92. The second kappa shape index (κ2) is 8.53. The molecule has 3 rings (SSSR count). The van der Waals surface area contributed by atoms with Crippen LogP contribution in [0.2, 0.25) is 10.0 Å². The highest BCUT2D eigenvalue weighted by Crippen LogP contribution is 2.29. The second-order valence-corrected chi connectivity index (χ2v) is 7.34. The van der Waals surface area contributed by atoms with Crippen molar-refractivity contribution in [2.24, 2.45) is 0 Å². The average Bonchev–Trinajstić information content (AvgIpc) is 2.69. The molecule has 1 atom stereocenters. The van der Waals surface area contributed by atoms with E-state index in [1.165, 1.54) is 6.07 Å². The summed E-state index contributed by atoms with van der Waals surface area (Å²) in [5.74, 6) is -2.04. The fraction of sp³-hybridized carbons (Fsp3) is 0.150. The van der Waals surface area contributed by atoms with E-state index in [0.29, 0.717) is 22.6 Å². The van der Waals surface area contributed by atoms with Gasteiger partial charge in [0.05, 0.1) is 17.7 Å². The number of aryl methyl sites for hydroxylation is 1. The first kappa shape index (κ1) is 21.3. The van der Waals surface area contributed by atoms with Crippen LogP contribution in [0, 0.1) is 18.3 Å². The van der Waals surface area contributed by atoms with E-state index in [-0.39, 0.29) is 10.7 Å². The molecule has 0 saturated heterocycles. The van der Waals surface area contributed by atoms with Crippen molar-refractivity contribution in [3.63, 3.8) is 0 Å². The van der Waals surface area contributed by atoms with E-state index >= 15 is 0 Å². The third-order valence-electron chi connectivity index (χ3n) is 4.48. The average molecular weight is 445 g/mol. The third kappa shape index (κ3) is 4.27. The van der Waals surface area contributed by atoms with E-state index in [1.54, 1.807) is 37.3 Å². The maximum atomic E-state index is 12.2. The van der Waals surface area contributed by atoms with Crippen LogP contribution in [0.25, 0.3) is 5.69 Å². The van der Waals surface area contributed by atoms with Crippen LogP contribution in [0.3, 0.4) is 0 Å². The van der Waals surface area contributed by atoms with Gasteiger partial charge in [-0.1, -0.05) is 41.4 Å². The quantitative estimate of drug-likeness (QED) is 0.621. The Hall–Kier alpha value is -3.41. The van der Waals surface area contributed by atoms with Gasteiger partial charge in [0, 0.05) is 10.0 Å². The van der Waals surface area contributed by atoms with Gasteiger partial charge in [0.15, 0.2) is 0 Å². The van der Waals surface area contributed by atoms with Crippen molar-refractivity contribution in [1.29, 1.82) is 5.26 Å². The first-order chi connectivity index (χ1) is 14.2. The lowest BCUT2D eigenvalue weighted by Crippen LogP contribution is -2.36. The number of H-pyrrole nitrogens is 1. The normalized spacial score (nSPS) is 11.7. The van der Waals surface area contributed by atoms with Crippen LogP contribution < -0.4 is 11.2 Å². The summed E-state index contributed by atoms with van der Waals surface area (Å²) < 4.78 is 0.775. The molecule has 30 heavy (non-hydrogen) atoms. The summed E-state index contributed by atoms with van der Waals surface area (Å²) in [6, 6.07) is 12.3. The molecule has 10 heteroatoms. The van der Waals surface area contributed by atoms with Crippen molar-refractivity contribution >= 4 is 29.2 Å². The van der Waals surface area contributed by atoms with E-state index < -0.39 is 28.8 Å². The van der Waals surface area contributed by atoms with Crippen LogP contribution in [0.5, 0.6) is 0 Å². The van der Waals surface area contributed by atoms with Gasteiger partial charge in [-0.3, -0.25) is 9.78 Å². The Kier molecular flexibility index (Phi) is 6.06. The zero-order valence-electron chi connectivity index (χ0n) is 15.5. The number of hydrogen-bond acceptors (Lipinski definition) is 5. The number of rotatable bonds is 5. The zero-order chi connectivity index (χ0) is 22.0. The van der Waals surface area contributed by atoms with Gasteiger partial charge in [-0.15, -0.1) is 0 Å². The maximum absolute atomic E-state index is 12.2. The Balaban J connectivity index is 2.02. The van der Waals surface area contributed by atoms with Gasteiger partial charge in [-0.2, -0.15) is 15.0 Å². The largest absolute Gasteiger partial charge is 0.476 e. The van der Waals surface area contributed by atoms with Gasteiger partial charge in [0.1, 0.15) is 0 Å². The smallest absolute Gasteiger partial charge is 0.362 e. The Bertz CT molecular complexity index is 1290. The summed E-state index contributed by atoms with van der Waals surface area (Å²) in [6.07, 6.45) is 0.312. The highest BCUT2D eigenvalue weighted by Gasteiger charge is 2.19. The third-order valence-corrected chi connectivity index (χ3v) is 5.08. The number of carbonyl (C=O) groups is 1. The van der Waals surface area contributed by atoms with Crippen molar-refractivity contribution < 1.29 is 9.90 Å². The monoisotopic (exact) mass is 444 g/mol. The molecule has 0 aliphatic carbocycles. The highest BCUT2D eigenvalue weighted by atomic mass is 35.5. The molecule has 0 aliphatic rings. The molecular formula is C20H14Cl2N4O4. The molecule has 3 aromatic rings. The number of benzene rings is 2. The molecule has 0 saturated carbocycles. The second-order valence-electron chi connectivity index (χ2n) is 6.49. The molecule has 1 aromatic heterocycles. The van der Waals surface area contributed by atoms with E-state index in [0.717, 1.165) is 10.2 Å². The first-order valence-electron chi connectivity index (χ1n) is 8.62. The molecule has 0 spiro atoms. The molecule has 0 bridgehead atoms. The van der Waals surface area contributed by atoms with Crippen molar-refractivity contribution in [3.8, 4) is 11.8 Å². The molecule has 8 nitrogen and oxygen atoms in total. The van der Waals surface area contributed by atoms with Crippen LogP contribution in [-0.2, 0) is 6.42 Å². The summed E-state index contributed by atoms with van der Waals surface area (Å²) in [5, 5.41) is 23.1. The number of hydrogen-bond donors (Lipinski definition) is 2. The molecule has 0 fully saturated rings. The van der Waals surface area contributed by atoms with Crippen molar-refractivity contribution in [2.75, 3.05) is 0 Å². The van der Waals surface area contributed by atoms with E-state index in [9.17, 15) is 19.6 Å². The number of carboxylic acid groups (broad SMARTS) is 1. The van der Waals surface area contributed by atoms with Gasteiger partial charge in [0.25, 0.3) is 5.56 Å². The summed E-state index contributed by atoms with van der Waals surface area (Å²) in [7, 11) is 0. The molecule has 152 valence electrons. The lowest BCUT2D eigenvalue weighted by molar-refractivity contribution is 0.0685. The SMILES string of the molecule is Cc1cc(CC(C#N)c2ccc(Cl)cc2)c(Cl)cc1-n1nc(C(=O)O)c(=O)[nH]c1=O. The van der Waals surface area contributed by atoms with E-state index in [1.807, 2.05) is 4.98 Å². The van der Waals surface area contributed by atoms with Crippen LogP contribution in [0.15, 0.2) is 46.0 Å². The van der Waals surface area contributed by atoms with E-state index in [4.69, 9.17) is 28.3 Å². The number of nitrogens with one attached hydrogen (secondary N) is 1. The molecule has 2 aromatic carbocycles. The summed E-state index contributed by atoms with van der Waals surface area (Å²) in [5.41, 5.74) is -0.592. The molecule has 1 unspecified atom stereocenters. The van der Waals surface area contributed by atoms with Crippen LogP contribution in [-0.4, -0.2) is 25.8 Å². The summed E-state index contributed by atoms with van der Waals surface area (Å²) in [6.45, 7) is 1.68. The minimum Gasteiger partial charge on any atom is -0.476 e. The standard InChI is InChI=1S/C20H14Cl2N4O4/c1-10-6-12(7-13(9-23)11-2-4-14(21)5-3-11)15(22)8-16(10)26-20(30)24-18(27)17(25-26)19(28)29/h2-6,8,13H,7H2,1H3,(H,28,29)(H,24,27,30). The van der Waals surface area contributed by atoms with Gasteiger partial charge < -0.3 is 5.11 Å². The van der Waals surface area contributed by atoms with Crippen molar-refractivity contribution in [2.45, 2.75) is 19.3 Å². The molecule has 2 N–H and O–H groups in total. The molecule has 1 heterocycles. The fourth-order valence-corrected chi connectivity index (χ4v) is 3.33. The molecule has 0 radical (unpaired) electrons. The zero-order valence-corrected chi connectivity index (χ0v) is 17.0. The topological polar surface area (TPSA) is 129 Å². The maximum Gasteiger partial charge on any atom is 0.362 e. The van der Waals surface area contributed by atoms with Gasteiger partial charge in [-0.05, 0) is 48.2 Å². The number of aromatic nitrogens is 3. The number of carboxylic acids is 1.